The Labute approximate surface area is 172 Å². The zero-order valence-corrected chi connectivity index (χ0v) is 16.9. The predicted molar refractivity (Wildman–Crippen MR) is 109 cm³/mol. The maximum absolute atomic E-state index is 14.4. The average Bonchev–Trinajstić information content (AvgIpc) is 3.03. The molecule has 0 spiro atoms. The van der Waals surface area contributed by atoms with Crippen LogP contribution in [0.2, 0.25) is 0 Å². The van der Waals surface area contributed by atoms with Crippen LogP contribution in [0.4, 0.5) is 14.6 Å². The van der Waals surface area contributed by atoms with Crippen LogP contribution >= 0.6 is 0 Å². The predicted octanol–water partition coefficient (Wildman–Crippen LogP) is 4.89. The van der Waals surface area contributed by atoms with Gasteiger partial charge in [0.2, 0.25) is 5.91 Å². The number of benzene rings is 2. The van der Waals surface area contributed by atoms with Gasteiger partial charge in [-0.2, -0.15) is 5.10 Å². The lowest BCUT2D eigenvalue weighted by Gasteiger charge is -2.23. The van der Waals surface area contributed by atoms with E-state index in [1.807, 2.05) is 12.1 Å². The summed E-state index contributed by atoms with van der Waals surface area (Å²) in [5.74, 6) is -2.22. The molecule has 3 aromatic rings. The number of halogens is 2. The third kappa shape index (κ3) is 3.40. The molecule has 0 bridgehead atoms. The van der Waals surface area contributed by atoms with Crippen molar-refractivity contribution >= 4 is 17.5 Å². The quantitative estimate of drug-likeness (QED) is 0.624. The van der Waals surface area contributed by atoms with E-state index >= 15 is 0 Å². The monoisotopic (exact) mass is 409 g/mol. The van der Waals surface area contributed by atoms with E-state index in [1.165, 1.54) is 10.7 Å². The molecule has 0 saturated carbocycles. The third-order valence-electron chi connectivity index (χ3n) is 5.42. The molecule has 0 radical (unpaired) electrons. The molecule has 1 aliphatic heterocycles. The summed E-state index contributed by atoms with van der Waals surface area (Å²) in [5.41, 5.74) is 2.67. The van der Waals surface area contributed by atoms with Gasteiger partial charge in [0.05, 0.1) is 11.6 Å². The first-order valence-corrected chi connectivity index (χ1v) is 9.75. The average molecular weight is 409 g/mol. The first kappa shape index (κ1) is 19.9. The molecule has 2 heterocycles. The van der Waals surface area contributed by atoms with Gasteiger partial charge in [0.1, 0.15) is 17.3 Å². The molecular weight excluding hydrogens is 388 g/mol. The molecule has 1 aliphatic rings. The van der Waals surface area contributed by atoms with Crippen molar-refractivity contribution in [1.29, 1.82) is 0 Å². The summed E-state index contributed by atoms with van der Waals surface area (Å²) in [7, 11) is 0. The number of carbonyl (C=O) groups excluding carboxylic acids is 2. The lowest BCUT2D eigenvalue weighted by molar-refractivity contribution is -0.116. The second-order valence-corrected chi connectivity index (χ2v) is 7.80. The zero-order valence-electron chi connectivity index (χ0n) is 16.9. The number of hydrogen-bond donors (Lipinski definition) is 1. The first-order valence-electron chi connectivity index (χ1n) is 9.75. The number of anilines is 1. The number of carbonyl (C=O) groups is 2. The minimum atomic E-state index is -0.813. The summed E-state index contributed by atoms with van der Waals surface area (Å²) in [6.45, 7) is 5.85. The third-order valence-corrected chi connectivity index (χ3v) is 5.42. The van der Waals surface area contributed by atoms with Crippen molar-refractivity contribution in [3.8, 4) is 5.69 Å². The SMILES string of the molecule is Cc1nn(-c2ccc(F)cc2F)c2c1C(C(=O)c1ccc(C(C)C)cc1)CC(=O)N2. The van der Waals surface area contributed by atoms with Gasteiger partial charge in [-0.25, -0.2) is 13.5 Å². The summed E-state index contributed by atoms with van der Waals surface area (Å²) >= 11 is 0. The first-order chi connectivity index (χ1) is 14.3. The Morgan fingerprint density at radius 1 is 1.17 bits per heavy atom. The van der Waals surface area contributed by atoms with Gasteiger partial charge in [-0.1, -0.05) is 38.1 Å². The van der Waals surface area contributed by atoms with Crippen LogP contribution in [-0.4, -0.2) is 21.5 Å². The summed E-state index contributed by atoms with van der Waals surface area (Å²) in [6.07, 6.45) is -0.0177. The number of amides is 1. The van der Waals surface area contributed by atoms with Crippen LogP contribution in [0, 0.1) is 18.6 Å². The molecule has 1 aromatic heterocycles. The number of aryl methyl sites for hydroxylation is 1. The Morgan fingerprint density at radius 3 is 2.50 bits per heavy atom. The van der Waals surface area contributed by atoms with E-state index in [-0.39, 0.29) is 29.6 Å². The Kier molecular flexibility index (Phi) is 4.97. The van der Waals surface area contributed by atoms with E-state index in [4.69, 9.17) is 0 Å². The minimum Gasteiger partial charge on any atom is -0.310 e. The van der Waals surface area contributed by atoms with Gasteiger partial charge in [0, 0.05) is 23.6 Å². The van der Waals surface area contributed by atoms with Gasteiger partial charge in [0.15, 0.2) is 11.6 Å². The molecule has 7 heteroatoms. The van der Waals surface area contributed by atoms with E-state index < -0.39 is 17.6 Å². The van der Waals surface area contributed by atoms with Crippen molar-refractivity contribution in [2.75, 3.05) is 5.32 Å². The van der Waals surface area contributed by atoms with Gasteiger partial charge in [-0.05, 0) is 30.5 Å². The van der Waals surface area contributed by atoms with E-state index in [0.29, 0.717) is 22.7 Å². The van der Waals surface area contributed by atoms with Crippen molar-refractivity contribution in [1.82, 2.24) is 9.78 Å². The molecule has 1 amide bonds. The van der Waals surface area contributed by atoms with Crippen LogP contribution in [-0.2, 0) is 4.79 Å². The molecule has 0 fully saturated rings. The summed E-state index contributed by atoms with van der Waals surface area (Å²) in [6, 6.07) is 10.5. The number of fused-ring (bicyclic) bond motifs is 1. The number of aromatic nitrogens is 2. The van der Waals surface area contributed by atoms with Gasteiger partial charge in [-0.3, -0.25) is 9.59 Å². The molecule has 0 aliphatic carbocycles. The Morgan fingerprint density at radius 2 is 1.87 bits per heavy atom. The standard InChI is InChI=1S/C23H21F2N3O2/c1-12(2)14-4-6-15(7-5-14)22(30)17-11-20(29)26-23-21(17)13(3)27-28(23)19-9-8-16(24)10-18(19)25/h4-10,12,17H,11H2,1-3H3,(H,26,29). The maximum atomic E-state index is 14.4. The molecule has 1 unspecified atom stereocenters. The van der Waals surface area contributed by atoms with Gasteiger partial charge in [-0.15, -0.1) is 0 Å². The molecule has 1 N–H and O–H groups in total. The highest BCUT2D eigenvalue weighted by molar-refractivity contribution is 6.08. The second kappa shape index (κ2) is 7.48. The molecule has 1 atom stereocenters. The van der Waals surface area contributed by atoms with Crippen LogP contribution in [0.5, 0.6) is 0 Å². The highest BCUT2D eigenvalue weighted by atomic mass is 19.1. The summed E-state index contributed by atoms with van der Waals surface area (Å²) < 4.78 is 28.9. The van der Waals surface area contributed by atoms with Crippen LogP contribution in [0.3, 0.4) is 0 Å². The number of ketones is 1. The Balaban J connectivity index is 1.78. The smallest absolute Gasteiger partial charge is 0.226 e. The molecule has 5 nitrogen and oxygen atoms in total. The molecular formula is C23H21F2N3O2. The molecule has 30 heavy (non-hydrogen) atoms. The summed E-state index contributed by atoms with van der Waals surface area (Å²) in [4.78, 5) is 25.6. The highest BCUT2D eigenvalue weighted by Gasteiger charge is 2.36. The van der Waals surface area contributed by atoms with Crippen molar-refractivity contribution in [3.05, 3.63) is 76.5 Å². The van der Waals surface area contributed by atoms with Crippen molar-refractivity contribution < 1.29 is 18.4 Å². The lowest BCUT2D eigenvalue weighted by Crippen LogP contribution is -2.28. The van der Waals surface area contributed by atoms with Crippen LogP contribution in [0.25, 0.3) is 5.69 Å². The number of nitrogens with one attached hydrogen (secondary N) is 1. The number of hydrogen-bond acceptors (Lipinski definition) is 3. The zero-order chi connectivity index (χ0) is 21.6. The van der Waals surface area contributed by atoms with Crippen molar-refractivity contribution in [3.63, 3.8) is 0 Å². The fourth-order valence-corrected chi connectivity index (χ4v) is 3.83. The molecule has 0 saturated heterocycles. The Hall–Kier alpha value is -3.35. The second-order valence-electron chi connectivity index (χ2n) is 7.80. The van der Waals surface area contributed by atoms with E-state index in [0.717, 1.165) is 17.7 Å². The van der Waals surface area contributed by atoms with Crippen molar-refractivity contribution in [2.45, 2.75) is 39.0 Å². The minimum absolute atomic E-state index is 0.00423. The molecule has 154 valence electrons. The topological polar surface area (TPSA) is 64.0 Å². The van der Waals surface area contributed by atoms with E-state index in [1.54, 1.807) is 19.1 Å². The molecule has 2 aromatic carbocycles. The number of rotatable bonds is 4. The maximum Gasteiger partial charge on any atom is 0.226 e. The molecule has 4 rings (SSSR count). The fourth-order valence-electron chi connectivity index (χ4n) is 3.83. The van der Waals surface area contributed by atoms with Crippen LogP contribution in [0.1, 0.15) is 59.3 Å². The lowest BCUT2D eigenvalue weighted by atomic mass is 9.85. The summed E-state index contributed by atoms with van der Waals surface area (Å²) in [5, 5.41) is 7.04. The normalized spacial score (nSPS) is 15.8. The van der Waals surface area contributed by atoms with Gasteiger partial charge >= 0.3 is 0 Å². The fraction of sp³-hybridized carbons (Fsp3) is 0.261. The van der Waals surface area contributed by atoms with Crippen LogP contribution < -0.4 is 5.32 Å². The number of nitrogens with zero attached hydrogens (tertiary/aromatic N) is 2. The Bertz CT molecular complexity index is 1150. The van der Waals surface area contributed by atoms with Gasteiger partial charge in [0.25, 0.3) is 0 Å². The van der Waals surface area contributed by atoms with E-state index in [9.17, 15) is 18.4 Å². The van der Waals surface area contributed by atoms with Gasteiger partial charge < -0.3 is 5.32 Å². The van der Waals surface area contributed by atoms with E-state index in [2.05, 4.69) is 24.3 Å². The largest absolute Gasteiger partial charge is 0.310 e. The van der Waals surface area contributed by atoms with Crippen LogP contribution in [0.15, 0.2) is 42.5 Å². The highest BCUT2D eigenvalue weighted by Crippen LogP contribution is 2.38. The van der Waals surface area contributed by atoms with Crippen molar-refractivity contribution in [2.24, 2.45) is 0 Å². The number of Topliss-reactive ketones (excluding diaryl/α,β-unsaturated/α-hetero) is 1.